The van der Waals surface area contributed by atoms with E-state index in [-0.39, 0.29) is 0 Å². The first-order valence-electron chi connectivity index (χ1n) is 7.06. The maximum atomic E-state index is 6.19. The third-order valence-electron chi connectivity index (χ3n) is 3.52. The zero-order valence-corrected chi connectivity index (χ0v) is 13.0. The van der Waals surface area contributed by atoms with Gasteiger partial charge in [-0.25, -0.2) is 4.98 Å². The number of benzene rings is 2. The molecule has 0 saturated heterocycles. The predicted molar refractivity (Wildman–Crippen MR) is 90.0 cm³/mol. The van der Waals surface area contributed by atoms with E-state index in [9.17, 15) is 0 Å². The standard InChI is InChI=1S/C17H18N2OS/c1-3-6-15-19-16(17(18)21-15)13-9-10-14(20-2)12-8-5-4-7-11(12)13/h4-5,7-10H,3,6,18H2,1-2H3. The van der Waals surface area contributed by atoms with E-state index in [0.717, 1.165) is 50.6 Å². The van der Waals surface area contributed by atoms with Gasteiger partial charge in [0.05, 0.1) is 12.1 Å². The van der Waals surface area contributed by atoms with Gasteiger partial charge in [0.15, 0.2) is 0 Å². The third-order valence-corrected chi connectivity index (χ3v) is 4.46. The van der Waals surface area contributed by atoms with Crippen molar-refractivity contribution in [3.63, 3.8) is 0 Å². The number of ether oxygens (including phenoxy) is 1. The second-order valence-corrected chi connectivity index (χ2v) is 6.05. The molecule has 108 valence electrons. The van der Waals surface area contributed by atoms with E-state index in [0.29, 0.717) is 0 Å². The molecule has 0 radical (unpaired) electrons. The van der Waals surface area contributed by atoms with Crippen molar-refractivity contribution in [2.24, 2.45) is 0 Å². The summed E-state index contributed by atoms with van der Waals surface area (Å²) < 4.78 is 5.44. The smallest absolute Gasteiger partial charge is 0.126 e. The van der Waals surface area contributed by atoms with Crippen LogP contribution in [-0.4, -0.2) is 12.1 Å². The fourth-order valence-electron chi connectivity index (χ4n) is 2.55. The molecule has 1 heterocycles. The lowest BCUT2D eigenvalue weighted by Gasteiger charge is -2.09. The zero-order valence-electron chi connectivity index (χ0n) is 12.2. The van der Waals surface area contributed by atoms with Gasteiger partial charge in [0, 0.05) is 10.9 Å². The van der Waals surface area contributed by atoms with E-state index < -0.39 is 0 Å². The van der Waals surface area contributed by atoms with E-state index in [1.54, 1.807) is 18.4 Å². The highest BCUT2D eigenvalue weighted by atomic mass is 32.1. The van der Waals surface area contributed by atoms with Crippen molar-refractivity contribution in [2.45, 2.75) is 19.8 Å². The van der Waals surface area contributed by atoms with Gasteiger partial charge < -0.3 is 10.5 Å². The average Bonchev–Trinajstić information content (AvgIpc) is 2.87. The molecule has 2 N–H and O–H groups in total. The van der Waals surface area contributed by atoms with Gasteiger partial charge in [-0.15, -0.1) is 11.3 Å². The molecule has 0 amide bonds. The Balaban J connectivity index is 2.21. The molecule has 0 saturated carbocycles. The Morgan fingerprint density at radius 2 is 1.90 bits per heavy atom. The number of aryl methyl sites for hydroxylation is 1. The number of hydrogen-bond donors (Lipinski definition) is 1. The normalized spacial score (nSPS) is 11.0. The van der Waals surface area contributed by atoms with Crippen molar-refractivity contribution in [1.82, 2.24) is 4.98 Å². The first-order chi connectivity index (χ1) is 10.2. The highest BCUT2D eigenvalue weighted by molar-refractivity contribution is 7.16. The zero-order chi connectivity index (χ0) is 14.8. The van der Waals surface area contributed by atoms with Crippen LogP contribution in [0, 0.1) is 0 Å². The lowest BCUT2D eigenvalue weighted by atomic mass is 10.0. The molecule has 3 aromatic rings. The topological polar surface area (TPSA) is 48.1 Å². The maximum absolute atomic E-state index is 6.19. The summed E-state index contributed by atoms with van der Waals surface area (Å²) in [6, 6.07) is 12.2. The van der Waals surface area contributed by atoms with Crippen LogP contribution in [-0.2, 0) is 6.42 Å². The number of hydrogen-bond acceptors (Lipinski definition) is 4. The van der Waals surface area contributed by atoms with Crippen LogP contribution in [0.1, 0.15) is 18.4 Å². The number of methoxy groups -OCH3 is 1. The average molecular weight is 298 g/mol. The van der Waals surface area contributed by atoms with Crippen molar-refractivity contribution in [3.05, 3.63) is 41.4 Å². The summed E-state index contributed by atoms with van der Waals surface area (Å²) in [5, 5.41) is 4.09. The molecule has 21 heavy (non-hydrogen) atoms. The van der Waals surface area contributed by atoms with Crippen LogP contribution >= 0.6 is 11.3 Å². The molecule has 0 spiro atoms. The predicted octanol–water partition coefficient (Wildman–Crippen LogP) is 4.51. The van der Waals surface area contributed by atoms with Crippen LogP contribution in [0.3, 0.4) is 0 Å². The molecule has 3 rings (SSSR count). The van der Waals surface area contributed by atoms with Crippen LogP contribution < -0.4 is 10.5 Å². The highest BCUT2D eigenvalue weighted by Crippen LogP contribution is 2.38. The van der Waals surface area contributed by atoms with Gasteiger partial charge in [-0.3, -0.25) is 0 Å². The molecule has 4 heteroatoms. The van der Waals surface area contributed by atoms with Crippen LogP contribution in [0.5, 0.6) is 5.75 Å². The van der Waals surface area contributed by atoms with Crippen molar-refractivity contribution in [2.75, 3.05) is 12.8 Å². The van der Waals surface area contributed by atoms with Gasteiger partial charge in [0.1, 0.15) is 16.4 Å². The largest absolute Gasteiger partial charge is 0.496 e. The summed E-state index contributed by atoms with van der Waals surface area (Å²) in [5.74, 6) is 0.872. The first-order valence-corrected chi connectivity index (χ1v) is 7.87. The molecule has 0 aliphatic heterocycles. The monoisotopic (exact) mass is 298 g/mol. The number of anilines is 1. The Hall–Kier alpha value is -2.07. The van der Waals surface area contributed by atoms with Crippen LogP contribution in [0.2, 0.25) is 0 Å². The van der Waals surface area contributed by atoms with Crippen LogP contribution in [0.25, 0.3) is 22.0 Å². The fraction of sp³-hybridized carbons (Fsp3) is 0.235. The van der Waals surface area contributed by atoms with E-state index >= 15 is 0 Å². The van der Waals surface area contributed by atoms with Crippen LogP contribution in [0.15, 0.2) is 36.4 Å². The van der Waals surface area contributed by atoms with E-state index in [1.165, 1.54) is 0 Å². The maximum Gasteiger partial charge on any atom is 0.126 e. The molecule has 3 nitrogen and oxygen atoms in total. The molecule has 0 aliphatic rings. The molecule has 0 fully saturated rings. The Morgan fingerprint density at radius 3 is 2.62 bits per heavy atom. The SMILES string of the molecule is CCCc1nc(-c2ccc(OC)c3ccccc23)c(N)s1. The van der Waals surface area contributed by atoms with Gasteiger partial charge in [-0.1, -0.05) is 31.2 Å². The Labute approximate surface area is 128 Å². The van der Waals surface area contributed by atoms with Crippen molar-refractivity contribution >= 4 is 27.1 Å². The number of thiazole rings is 1. The second-order valence-electron chi connectivity index (χ2n) is 4.93. The summed E-state index contributed by atoms with van der Waals surface area (Å²) in [7, 11) is 1.69. The quantitative estimate of drug-likeness (QED) is 0.771. The summed E-state index contributed by atoms with van der Waals surface area (Å²) in [6.45, 7) is 2.15. The van der Waals surface area contributed by atoms with E-state index in [2.05, 4.69) is 19.1 Å². The molecule has 1 aromatic heterocycles. The lowest BCUT2D eigenvalue weighted by Crippen LogP contribution is -1.90. The third kappa shape index (κ3) is 2.47. The molecular formula is C17H18N2OS. The number of nitrogen functional groups attached to an aromatic ring is 1. The van der Waals surface area contributed by atoms with Gasteiger partial charge in [-0.05, 0) is 30.4 Å². The van der Waals surface area contributed by atoms with Gasteiger partial charge in [0.25, 0.3) is 0 Å². The number of fused-ring (bicyclic) bond motifs is 1. The molecule has 0 unspecified atom stereocenters. The molecule has 0 atom stereocenters. The Morgan fingerprint density at radius 1 is 1.14 bits per heavy atom. The van der Waals surface area contributed by atoms with Crippen molar-refractivity contribution in [1.29, 1.82) is 0 Å². The number of nitrogens with zero attached hydrogens (tertiary/aromatic N) is 1. The molecular weight excluding hydrogens is 280 g/mol. The molecule has 2 aromatic carbocycles. The summed E-state index contributed by atoms with van der Waals surface area (Å²) in [5.41, 5.74) is 8.15. The van der Waals surface area contributed by atoms with Crippen LogP contribution in [0.4, 0.5) is 5.00 Å². The minimum atomic E-state index is 0.786. The summed E-state index contributed by atoms with van der Waals surface area (Å²) in [4.78, 5) is 4.73. The van der Waals surface area contributed by atoms with Crippen molar-refractivity contribution in [3.8, 4) is 17.0 Å². The van der Waals surface area contributed by atoms with E-state index in [1.807, 2.05) is 24.3 Å². The Bertz CT molecular complexity index is 780. The number of rotatable bonds is 4. The minimum Gasteiger partial charge on any atom is -0.496 e. The van der Waals surface area contributed by atoms with Gasteiger partial charge in [-0.2, -0.15) is 0 Å². The minimum absolute atomic E-state index is 0.786. The number of aromatic nitrogens is 1. The summed E-state index contributed by atoms with van der Waals surface area (Å²) in [6.07, 6.45) is 2.05. The first kappa shape index (κ1) is 13.9. The summed E-state index contributed by atoms with van der Waals surface area (Å²) >= 11 is 1.59. The fourth-order valence-corrected chi connectivity index (χ4v) is 3.50. The van der Waals surface area contributed by atoms with Crippen molar-refractivity contribution < 1.29 is 4.74 Å². The van der Waals surface area contributed by atoms with E-state index in [4.69, 9.17) is 15.5 Å². The second kappa shape index (κ2) is 5.74. The lowest BCUT2D eigenvalue weighted by molar-refractivity contribution is 0.420. The highest BCUT2D eigenvalue weighted by Gasteiger charge is 2.14. The Kier molecular flexibility index (Phi) is 3.80. The van der Waals surface area contributed by atoms with Gasteiger partial charge in [0.2, 0.25) is 0 Å². The molecule has 0 bridgehead atoms. The molecule has 0 aliphatic carbocycles. The van der Waals surface area contributed by atoms with Gasteiger partial charge >= 0.3 is 0 Å². The number of nitrogens with two attached hydrogens (primary N) is 1.